The topological polar surface area (TPSA) is 64.7 Å². The van der Waals surface area contributed by atoms with Crippen molar-refractivity contribution in [3.63, 3.8) is 0 Å². The van der Waals surface area contributed by atoms with Crippen LogP contribution in [-0.2, 0) is 6.42 Å². The second-order valence-electron chi connectivity index (χ2n) is 5.14. The highest BCUT2D eigenvalue weighted by molar-refractivity contribution is 5.44. The van der Waals surface area contributed by atoms with Gasteiger partial charge in [-0.3, -0.25) is 0 Å². The number of nitrogens with zero attached hydrogens (tertiary/aromatic N) is 3. The third-order valence-corrected chi connectivity index (χ3v) is 3.80. The molecule has 90 valence electrons. The molecule has 0 aliphatic heterocycles. The summed E-state index contributed by atoms with van der Waals surface area (Å²) in [4.78, 5) is 13.2. The van der Waals surface area contributed by atoms with Crippen molar-refractivity contribution in [1.82, 2.24) is 15.0 Å². The van der Waals surface area contributed by atoms with Gasteiger partial charge in [-0.05, 0) is 30.4 Å². The number of aromatic nitrogens is 3. The Labute approximate surface area is 105 Å². The molecule has 2 aliphatic carbocycles. The van der Waals surface area contributed by atoms with Gasteiger partial charge in [0.2, 0.25) is 5.95 Å². The standard InChI is InChI=1S/C14H14N4/c15-14-17-12(8-5-6-8)16-13(18-14)11-7-9-3-1-2-4-10(9)11/h1-4,8,11H,5-7H2,(H2,15,16,17,18). The maximum absolute atomic E-state index is 5.80. The van der Waals surface area contributed by atoms with E-state index in [9.17, 15) is 0 Å². The average molecular weight is 238 g/mol. The fourth-order valence-corrected chi connectivity index (χ4v) is 2.60. The van der Waals surface area contributed by atoms with E-state index in [-0.39, 0.29) is 0 Å². The average Bonchev–Trinajstić information content (AvgIpc) is 3.14. The van der Waals surface area contributed by atoms with E-state index < -0.39 is 0 Å². The fourth-order valence-electron chi connectivity index (χ4n) is 2.60. The van der Waals surface area contributed by atoms with Gasteiger partial charge in [-0.2, -0.15) is 9.97 Å². The summed E-state index contributed by atoms with van der Waals surface area (Å²) in [5.41, 5.74) is 8.53. The van der Waals surface area contributed by atoms with E-state index >= 15 is 0 Å². The molecule has 1 aromatic carbocycles. The maximum Gasteiger partial charge on any atom is 0.223 e. The Morgan fingerprint density at radius 1 is 1.00 bits per heavy atom. The number of hydrogen-bond donors (Lipinski definition) is 1. The number of fused-ring (bicyclic) bond motifs is 1. The Morgan fingerprint density at radius 2 is 1.78 bits per heavy atom. The number of rotatable bonds is 2. The fraction of sp³-hybridized carbons (Fsp3) is 0.357. The first-order valence-corrected chi connectivity index (χ1v) is 6.40. The Kier molecular flexibility index (Phi) is 1.95. The zero-order valence-corrected chi connectivity index (χ0v) is 10.0. The van der Waals surface area contributed by atoms with Crippen LogP contribution in [0.4, 0.5) is 5.95 Å². The smallest absolute Gasteiger partial charge is 0.223 e. The highest BCUT2D eigenvalue weighted by atomic mass is 15.1. The number of hydrogen-bond acceptors (Lipinski definition) is 4. The minimum atomic E-state index is 0.309. The lowest BCUT2D eigenvalue weighted by Gasteiger charge is -2.28. The van der Waals surface area contributed by atoms with Crippen LogP contribution in [0.25, 0.3) is 0 Å². The number of benzene rings is 1. The van der Waals surface area contributed by atoms with Gasteiger partial charge in [0, 0.05) is 11.8 Å². The van der Waals surface area contributed by atoms with Crippen molar-refractivity contribution < 1.29 is 0 Å². The predicted molar refractivity (Wildman–Crippen MR) is 68.2 cm³/mol. The molecule has 1 atom stereocenters. The molecule has 4 rings (SSSR count). The van der Waals surface area contributed by atoms with Crippen LogP contribution >= 0.6 is 0 Å². The van der Waals surface area contributed by atoms with Crippen molar-refractivity contribution in [3.8, 4) is 0 Å². The van der Waals surface area contributed by atoms with Crippen molar-refractivity contribution in [3.05, 3.63) is 47.0 Å². The molecule has 18 heavy (non-hydrogen) atoms. The summed E-state index contributed by atoms with van der Waals surface area (Å²) >= 11 is 0. The van der Waals surface area contributed by atoms with Crippen LogP contribution in [0.3, 0.4) is 0 Å². The SMILES string of the molecule is Nc1nc(C2CC2)nc(C2Cc3ccccc32)n1. The van der Waals surface area contributed by atoms with Crippen molar-refractivity contribution in [2.24, 2.45) is 0 Å². The van der Waals surface area contributed by atoms with Crippen molar-refractivity contribution >= 4 is 5.95 Å². The van der Waals surface area contributed by atoms with Crippen molar-refractivity contribution in [2.45, 2.75) is 31.1 Å². The molecule has 2 aromatic rings. The normalized spacial score (nSPS) is 21.2. The molecule has 0 saturated heterocycles. The van der Waals surface area contributed by atoms with E-state index in [1.54, 1.807) is 0 Å². The highest BCUT2D eigenvalue weighted by Crippen LogP contribution is 2.41. The lowest BCUT2D eigenvalue weighted by Crippen LogP contribution is -2.22. The Bertz CT molecular complexity index is 619. The lowest BCUT2D eigenvalue weighted by molar-refractivity contribution is 0.646. The number of nitrogens with two attached hydrogens (primary N) is 1. The van der Waals surface area contributed by atoms with Crippen LogP contribution in [0, 0.1) is 0 Å². The van der Waals surface area contributed by atoms with Crippen LogP contribution in [0.2, 0.25) is 0 Å². The summed E-state index contributed by atoms with van der Waals surface area (Å²) in [6.07, 6.45) is 3.39. The second kappa shape index (κ2) is 3.51. The van der Waals surface area contributed by atoms with Gasteiger partial charge in [0.05, 0.1) is 0 Å². The molecule has 1 aromatic heterocycles. The van der Waals surface area contributed by atoms with Gasteiger partial charge in [0.25, 0.3) is 0 Å². The summed E-state index contributed by atoms with van der Waals surface area (Å²) in [6.45, 7) is 0. The first-order valence-electron chi connectivity index (χ1n) is 6.40. The van der Waals surface area contributed by atoms with Gasteiger partial charge in [-0.15, -0.1) is 0 Å². The van der Waals surface area contributed by atoms with Crippen LogP contribution in [0.15, 0.2) is 24.3 Å². The number of anilines is 1. The molecule has 4 heteroatoms. The zero-order chi connectivity index (χ0) is 12.1. The predicted octanol–water partition coefficient (Wildman–Crippen LogP) is 2.02. The quantitative estimate of drug-likeness (QED) is 0.869. The second-order valence-corrected chi connectivity index (χ2v) is 5.14. The molecular formula is C14H14N4. The molecule has 1 unspecified atom stereocenters. The maximum atomic E-state index is 5.80. The summed E-state index contributed by atoms with van der Waals surface area (Å²) in [7, 11) is 0. The third kappa shape index (κ3) is 1.49. The molecule has 0 amide bonds. The zero-order valence-electron chi connectivity index (χ0n) is 10.0. The van der Waals surface area contributed by atoms with E-state index in [1.165, 1.54) is 24.0 Å². The van der Waals surface area contributed by atoms with Crippen LogP contribution in [0.5, 0.6) is 0 Å². The minimum Gasteiger partial charge on any atom is -0.368 e. The third-order valence-electron chi connectivity index (χ3n) is 3.80. The Balaban J connectivity index is 1.74. The van der Waals surface area contributed by atoms with Gasteiger partial charge in [-0.1, -0.05) is 24.3 Å². The Morgan fingerprint density at radius 3 is 2.56 bits per heavy atom. The lowest BCUT2D eigenvalue weighted by atomic mass is 9.77. The minimum absolute atomic E-state index is 0.309. The largest absolute Gasteiger partial charge is 0.368 e. The monoisotopic (exact) mass is 238 g/mol. The van der Waals surface area contributed by atoms with E-state index in [0.717, 1.165) is 18.1 Å². The van der Waals surface area contributed by atoms with Crippen LogP contribution < -0.4 is 5.73 Å². The molecule has 1 saturated carbocycles. The van der Waals surface area contributed by atoms with Crippen LogP contribution in [-0.4, -0.2) is 15.0 Å². The van der Waals surface area contributed by atoms with Crippen molar-refractivity contribution in [2.75, 3.05) is 5.73 Å². The summed E-state index contributed by atoms with van der Waals surface area (Å²) in [6, 6.07) is 8.46. The van der Waals surface area contributed by atoms with Crippen LogP contribution in [0.1, 0.15) is 47.5 Å². The first kappa shape index (κ1) is 10.00. The molecule has 0 spiro atoms. The Hall–Kier alpha value is -1.97. The molecule has 2 aliphatic rings. The first-order chi connectivity index (χ1) is 8.81. The molecule has 0 radical (unpaired) electrons. The molecule has 0 bridgehead atoms. The van der Waals surface area contributed by atoms with E-state index in [1.807, 2.05) is 0 Å². The van der Waals surface area contributed by atoms with Gasteiger partial charge in [0.15, 0.2) is 0 Å². The van der Waals surface area contributed by atoms with Gasteiger partial charge in [-0.25, -0.2) is 4.98 Å². The molecule has 2 N–H and O–H groups in total. The summed E-state index contributed by atoms with van der Waals surface area (Å²) in [5, 5.41) is 0. The van der Waals surface area contributed by atoms with Gasteiger partial charge < -0.3 is 5.73 Å². The molecule has 4 nitrogen and oxygen atoms in total. The molecule has 1 heterocycles. The molecule has 1 fully saturated rings. The van der Waals surface area contributed by atoms with Crippen molar-refractivity contribution in [1.29, 1.82) is 0 Å². The number of nitrogen functional groups attached to an aromatic ring is 1. The summed E-state index contributed by atoms with van der Waals surface area (Å²) < 4.78 is 0. The van der Waals surface area contributed by atoms with E-state index in [0.29, 0.717) is 17.8 Å². The van der Waals surface area contributed by atoms with Gasteiger partial charge >= 0.3 is 0 Å². The van der Waals surface area contributed by atoms with E-state index in [2.05, 4.69) is 39.2 Å². The van der Waals surface area contributed by atoms with Gasteiger partial charge in [0.1, 0.15) is 11.6 Å². The van der Waals surface area contributed by atoms with E-state index in [4.69, 9.17) is 5.73 Å². The highest BCUT2D eigenvalue weighted by Gasteiger charge is 2.32. The summed E-state index contributed by atoms with van der Waals surface area (Å²) in [5.74, 6) is 2.93. The molecular weight excluding hydrogens is 224 g/mol.